The van der Waals surface area contributed by atoms with Gasteiger partial charge in [-0.2, -0.15) is 0 Å². The highest BCUT2D eigenvalue weighted by Gasteiger charge is 2.24. The molecule has 2 nitrogen and oxygen atoms in total. The number of carbonyl (C=O) groups is 1. The molecule has 0 fully saturated rings. The Bertz CT molecular complexity index is 574. The highest BCUT2D eigenvalue weighted by molar-refractivity contribution is 6.07. The molecule has 2 aliphatic rings. The molecular weight excluding hydrogens is 200 g/mol. The summed E-state index contributed by atoms with van der Waals surface area (Å²) >= 11 is 0. The second kappa shape index (κ2) is 3.20. The number of benzene rings is 1. The quantitative estimate of drug-likeness (QED) is 0.666. The van der Waals surface area contributed by atoms with Crippen molar-refractivity contribution in [2.45, 2.75) is 0 Å². The van der Waals surface area contributed by atoms with E-state index in [0.717, 1.165) is 11.1 Å². The van der Waals surface area contributed by atoms with Crippen LogP contribution in [0.1, 0.15) is 11.1 Å². The summed E-state index contributed by atoms with van der Waals surface area (Å²) in [5.74, 6) is -0.278. The van der Waals surface area contributed by atoms with Crippen molar-refractivity contribution < 1.29 is 9.53 Å². The lowest BCUT2D eigenvalue weighted by molar-refractivity contribution is -0.135. The summed E-state index contributed by atoms with van der Waals surface area (Å²) in [6.45, 7) is 0. The average molecular weight is 210 g/mol. The van der Waals surface area contributed by atoms with Gasteiger partial charge in [0.05, 0.1) is 12.7 Å². The summed E-state index contributed by atoms with van der Waals surface area (Å²) in [4.78, 5) is 11.4. The molecule has 1 aromatic rings. The molecule has 16 heavy (non-hydrogen) atoms. The van der Waals surface area contributed by atoms with Crippen LogP contribution in [0, 0.1) is 0 Å². The molecule has 0 aliphatic heterocycles. The Morgan fingerprint density at radius 1 is 1.12 bits per heavy atom. The van der Waals surface area contributed by atoms with Crippen molar-refractivity contribution in [3.05, 3.63) is 58.7 Å². The topological polar surface area (TPSA) is 26.3 Å². The van der Waals surface area contributed by atoms with Crippen molar-refractivity contribution in [3.8, 4) is 0 Å². The molecule has 2 heteroatoms. The van der Waals surface area contributed by atoms with Crippen LogP contribution in [0.25, 0.3) is 11.6 Å². The first-order chi connectivity index (χ1) is 7.79. The number of carbonyl (C=O) groups excluding carboxylic acids is 1. The maximum atomic E-state index is 11.4. The predicted molar refractivity (Wildman–Crippen MR) is 62.5 cm³/mol. The third kappa shape index (κ3) is 1.16. The Hall–Kier alpha value is -2.09. The second-order valence-electron chi connectivity index (χ2n) is 3.84. The van der Waals surface area contributed by atoms with Gasteiger partial charge in [-0.3, -0.25) is 0 Å². The van der Waals surface area contributed by atoms with Gasteiger partial charge in [0.2, 0.25) is 0 Å². The van der Waals surface area contributed by atoms with Crippen LogP contribution in [-0.4, -0.2) is 13.1 Å². The van der Waals surface area contributed by atoms with Crippen molar-refractivity contribution in [1.82, 2.24) is 0 Å². The van der Waals surface area contributed by atoms with E-state index in [2.05, 4.69) is 18.2 Å². The van der Waals surface area contributed by atoms with Crippen molar-refractivity contribution in [2.75, 3.05) is 7.11 Å². The third-order valence-corrected chi connectivity index (χ3v) is 2.90. The number of hydrogen-bond acceptors (Lipinski definition) is 2. The van der Waals surface area contributed by atoms with E-state index in [0.29, 0.717) is 5.57 Å². The summed E-state index contributed by atoms with van der Waals surface area (Å²) in [5, 5.41) is 0. The Morgan fingerprint density at radius 3 is 2.75 bits per heavy atom. The smallest absolute Gasteiger partial charge is 0.337 e. The van der Waals surface area contributed by atoms with Gasteiger partial charge in [0, 0.05) is 0 Å². The number of esters is 1. The molecule has 1 aromatic carbocycles. The van der Waals surface area contributed by atoms with Gasteiger partial charge in [0.15, 0.2) is 0 Å². The van der Waals surface area contributed by atoms with Gasteiger partial charge >= 0.3 is 5.97 Å². The van der Waals surface area contributed by atoms with Crippen molar-refractivity contribution in [2.24, 2.45) is 0 Å². The van der Waals surface area contributed by atoms with E-state index >= 15 is 0 Å². The minimum Gasteiger partial charge on any atom is -0.465 e. The SMILES string of the molecule is COC(=O)C1=CC2=Cc3ccccc3C2=C1. The van der Waals surface area contributed by atoms with Gasteiger partial charge in [-0.1, -0.05) is 24.3 Å². The van der Waals surface area contributed by atoms with Crippen LogP contribution in [0.4, 0.5) is 0 Å². The zero-order chi connectivity index (χ0) is 11.1. The zero-order valence-electron chi connectivity index (χ0n) is 8.86. The summed E-state index contributed by atoms with van der Waals surface area (Å²) in [7, 11) is 1.40. The number of hydrogen-bond donors (Lipinski definition) is 0. The molecule has 0 heterocycles. The Morgan fingerprint density at radius 2 is 1.94 bits per heavy atom. The Balaban J connectivity index is 2.08. The monoisotopic (exact) mass is 210 g/mol. The first kappa shape index (κ1) is 9.16. The van der Waals surface area contributed by atoms with Crippen LogP contribution in [0.2, 0.25) is 0 Å². The van der Waals surface area contributed by atoms with E-state index in [1.54, 1.807) is 0 Å². The van der Waals surface area contributed by atoms with Gasteiger partial charge in [-0.05, 0) is 40.5 Å². The fourth-order valence-corrected chi connectivity index (χ4v) is 2.15. The van der Waals surface area contributed by atoms with E-state index in [1.165, 1.54) is 18.2 Å². The van der Waals surface area contributed by atoms with Crippen LogP contribution >= 0.6 is 0 Å². The van der Waals surface area contributed by atoms with E-state index in [9.17, 15) is 4.79 Å². The molecule has 3 rings (SSSR count). The van der Waals surface area contributed by atoms with E-state index in [-0.39, 0.29) is 5.97 Å². The molecule has 0 atom stereocenters. The van der Waals surface area contributed by atoms with Gasteiger partial charge in [-0.15, -0.1) is 0 Å². The molecule has 0 N–H and O–H groups in total. The van der Waals surface area contributed by atoms with E-state index < -0.39 is 0 Å². The molecule has 0 saturated carbocycles. The zero-order valence-corrected chi connectivity index (χ0v) is 8.86. The maximum Gasteiger partial charge on any atom is 0.337 e. The lowest BCUT2D eigenvalue weighted by Crippen LogP contribution is -2.00. The van der Waals surface area contributed by atoms with Gasteiger partial charge in [-0.25, -0.2) is 4.79 Å². The third-order valence-electron chi connectivity index (χ3n) is 2.90. The van der Waals surface area contributed by atoms with Crippen molar-refractivity contribution in [3.63, 3.8) is 0 Å². The van der Waals surface area contributed by atoms with Crippen LogP contribution < -0.4 is 0 Å². The summed E-state index contributed by atoms with van der Waals surface area (Å²) in [5.41, 5.74) is 5.24. The Labute approximate surface area is 93.5 Å². The largest absolute Gasteiger partial charge is 0.465 e. The molecule has 0 aromatic heterocycles. The predicted octanol–water partition coefficient (Wildman–Crippen LogP) is 2.58. The number of fused-ring (bicyclic) bond motifs is 3. The van der Waals surface area contributed by atoms with Crippen molar-refractivity contribution >= 4 is 17.6 Å². The van der Waals surface area contributed by atoms with E-state index in [4.69, 9.17) is 4.74 Å². The van der Waals surface area contributed by atoms with Gasteiger partial charge in [0.1, 0.15) is 0 Å². The molecule has 0 bridgehead atoms. The standard InChI is InChI=1S/C14H10O2/c1-16-14(15)11-7-10-6-9-4-2-3-5-12(9)13(10)8-11/h2-8H,1H3. The van der Waals surface area contributed by atoms with Crippen LogP contribution in [0.15, 0.2) is 47.6 Å². The minimum absolute atomic E-state index is 0.278. The molecule has 2 aliphatic carbocycles. The highest BCUT2D eigenvalue weighted by Crippen LogP contribution is 2.40. The van der Waals surface area contributed by atoms with Gasteiger partial charge in [0.25, 0.3) is 0 Å². The minimum atomic E-state index is -0.278. The summed E-state index contributed by atoms with van der Waals surface area (Å²) in [6, 6.07) is 8.17. The average Bonchev–Trinajstić information content (AvgIpc) is 2.85. The fourth-order valence-electron chi connectivity index (χ4n) is 2.15. The number of methoxy groups -OCH3 is 1. The Kier molecular flexibility index (Phi) is 1.83. The molecular formula is C14H10O2. The summed E-state index contributed by atoms with van der Waals surface area (Å²) < 4.78 is 4.71. The second-order valence-corrected chi connectivity index (χ2v) is 3.84. The first-order valence-corrected chi connectivity index (χ1v) is 5.13. The van der Waals surface area contributed by atoms with Crippen LogP contribution in [0.5, 0.6) is 0 Å². The maximum absolute atomic E-state index is 11.4. The lowest BCUT2D eigenvalue weighted by Gasteiger charge is -1.99. The number of rotatable bonds is 1. The van der Waals surface area contributed by atoms with E-state index in [1.807, 2.05) is 24.3 Å². The molecule has 0 saturated heterocycles. The van der Waals surface area contributed by atoms with Crippen LogP contribution in [-0.2, 0) is 9.53 Å². The number of allylic oxidation sites excluding steroid dienone is 3. The first-order valence-electron chi connectivity index (χ1n) is 5.13. The molecule has 0 amide bonds. The highest BCUT2D eigenvalue weighted by atomic mass is 16.5. The molecule has 0 radical (unpaired) electrons. The lowest BCUT2D eigenvalue weighted by atomic mass is 10.1. The molecule has 0 unspecified atom stereocenters. The van der Waals surface area contributed by atoms with Crippen molar-refractivity contribution in [1.29, 1.82) is 0 Å². The fraction of sp³-hybridized carbons (Fsp3) is 0.0714. The van der Waals surface area contributed by atoms with Crippen LogP contribution in [0.3, 0.4) is 0 Å². The molecule has 78 valence electrons. The van der Waals surface area contributed by atoms with Gasteiger partial charge < -0.3 is 4.74 Å². The normalized spacial score (nSPS) is 15.9. The summed E-state index contributed by atoms with van der Waals surface area (Å²) in [6.07, 6.45) is 5.86. The number of ether oxygens (including phenoxy) is 1. The molecule has 0 spiro atoms.